The van der Waals surface area contributed by atoms with Crippen molar-refractivity contribution in [1.82, 2.24) is 4.98 Å². The maximum Gasteiger partial charge on any atom is 0.126 e. The highest BCUT2D eigenvalue weighted by Gasteiger charge is 2.09. The van der Waals surface area contributed by atoms with Crippen LogP contribution in [0.15, 0.2) is 48.5 Å². The number of unbranched alkanes of at least 4 members (excludes halogenated alkanes) is 5. The Morgan fingerprint density at radius 3 is 2.50 bits per heavy atom. The van der Waals surface area contributed by atoms with Gasteiger partial charge in [0.1, 0.15) is 5.01 Å². The first-order valence-corrected chi connectivity index (χ1v) is 9.89. The molecule has 0 saturated heterocycles. The molecule has 0 radical (unpaired) electrons. The first-order valence-electron chi connectivity index (χ1n) is 9.07. The van der Waals surface area contributed by atoms with Crippen LogP contribution in [0.2, 0.25) is 0 Å². The molecule has 3 heteroatoms. The summed E-state index contributed by atoms with van der Waals surface area (Å²) >= 11 is 1.77. The van der Waals surface area contributed by atoms with Gasteiger partial charge in [-0.2, -0.15) is 0 Å². The lowest BCUT2D eigenvalue weighted by molar-refractivity contribution is 0.617. The van der Waals surface area contributed by atoms with E-state index in [-0.39, 0.29) is 0 Å². The fourth-order valence-electron chi connectivity index (χ4n) is 2.94. The molecule has 0 atom stereocenters. The molecule has 1 heterocycles. The minimum atomic E-state index is 1.04. The fourth-order valence-corrected chi connectivity index (χ4v) is 3.94. The molecule has 3 aromatic rings. The summed E-state index contributed by atoms with van der Waals surface area (Å²) < 4.78 is 1.25. The number of aromatic nitrogens is 1. The van der Waals surface area contributed by atoms with E-state index in [0.29, 0.717) is 0 Å². The van der Waals surface area contributed by atoms with E-state index in [0.717, 1.165) is 17.1 Å². The van der Waals surface area contributed by atoms with Gasteiger partial charge in [-0.25, -0.2) is 4.98 Å². The molecule has 3 rings (SSSR count). The summed E-state index contributed by atoms with van der Waals surface area (Å²) in [6.45, 7) is 3.30. The Balaban J connectivity index is 1.63. The molecule has 24 heavy (non-hydrogen) atoms. The Morgan fingerprint density at radius 1 is 0.875 bits per heavy atom. The van der Waals surface area contributed by atoms with Gasteiger partial charge < -0.3 is 5.32 Å². The minimum absolute atomic E-state index is 1.04. The number of nitrogens with one attached hydrogen (secondary N) is 1. The lowest BCUT2D eigenvalue weighted by Crippen LogP contribution is -2.02. The predicted octanol–water partition coefficient (Wildman–Crippen LogP) is 6.74. The second kappa shape index (κ2) is 8.84. The smallest absolute Gasteiger partial charge is 0.126 e. The lowest BCUT2D eigenvalue weighted by Gasteiger charge is -2.10. The maximum atomic E-state index is 4.80. The first kappa shape index (κ1) is 17.0. The summed E-state index contributed by atoms with van der Waals surface area (Å²) in [6, 6.07) is 16.9. The van der Waals surface area contributed by atoms with Gasteiger partial charge in [0.25, 0.3) is 0 Å². The standard InChI is InChI=1S/C21H26N2S/c1-2-3-4-5-6-11-16-22-18-13-8-7-12-17(18)21-23-19-14-9-10-15-20(19)24-21/h7-10,12-15,22H,2-6,11,16H2,1H3. The molecule has 0 spiro atoms. The zero-order chi connectivity index (χ0) is 16.6. The van der Waals surface area contributed by atoms with E-state index >= 15 is 0 Å². The zero-order valence-electron chi connectivity index (χ0n) is 14.4. The highest BCUT2D eigenvalue weighted by Crippen LogP contribution is 2.34. The molecule has 0 bridgehead atoms. The third kappa shape index (κ3) is 4.35. The minimum Gasteiger partial charge on any atom is -0.384 e. The number of hydrogen-bond acceptors (Lipinski definition) is 3. The van der Waals surface area contributed by atoms with E-state index in [1.54, 1.807) is 11.3 Å². The van der Waals surface area contributed by atoms with E-state index in [1.165, 1.54) is 54.5 Å². The molecular weight excluding hydrogens is 312 g/mol. The number of rotatable bonds is 9. The Kier molecular flexibility index (Phi) is 6.25. The number of thiazole rings is 1. The number of para-hydroxylation sites is 2. The van der Waals surface area contributed by atoms with Crippen molar-refractivity contribution in [2.45, 2.75) is 45.4 Å². The topological polar surface area (TPSA) is 24.9 Å². The third-order valence-electron chi connectivity index (χ3n) is 4.30. The van der Waals surface area contributed by atoms with Crippen molar-refractivity contribution in [2.24, 2.45) is 0 Å². The van der Waals surface area contributed by atoms with Gasteiger partial charge in [0.15, 0.2) is 0 Å². The van der Waals surface area contributed by atoms with Gasteiger partial charge in [-0.15, -0.1) is 11.3 Å². The van der Waals surface area contributed by atoms with Gasteiger partial charge in [-0.05, 0) is 30.7 Å². The van der Waals surface area contributed by atoms with Crippen LogP contribution in [0.4, 0.5) is 5.69 Å². The van der Waals surface area contributed by atoms with Gasteiger partial charge in [-0.1, -0.05) is 63.3 Å². The molecule has 2 nitrogen and oxygen atoms in total. The van der Waals surface area contributed by atoms with Crippen LogP contribution in [-0.4, -0.2) is 11.5 Å². The predicted molar refractivity (Wildman–Crippen MR) is 107 cm³/mol. The average molecular weight is 339 g/mol. The van der Waals surface area contributed by atoms with Crippen molar-refractivity contribution in [3.8, 4) is 10.6 Å². The van der Waals surface area contributed by atoms with E-state index in [4.69, 9.17) is 4.98 Å². The molecule has 0 aliphatic rings. The monoisotopic (exact) mass is 338 g/mol. The average Bonchev–Trinajstić information content (AvgIpc) is 3.05. The second-order valence-electron chi connectivity index (χ2n) is 6.23. The number of anilines is 1. The van der Waals surface area contributed by atoms with E-state index in [2.05, 4.69) is 60.8 Å². The SMILES string of the molecule is CCCCCCCCNc1ccccc1-c1nc2ccccc2s1. The Labute approximate surface area is 148 Å². The zero-order valence-corrected chi connectivity index (χ0v) is 15.2. The molecular formula is C21H26N2S. The Bertz CT molecular complexity index is 730. The lowest BCUT2D eigenvalue weighted by atomic mass is 10.1. The van der Waals surface area contributed by atoms with Gasteiger partial charge in [0, 0.05) is 17.8 Å². The van der Waals surface area contributed by atoms with Crippen LogP contribution in [0, 0.1) is 0 Å². The van der Waals surface area contributed by atoms with Crippen molar-refractivity contribution in [3.63, 3.8) is 0 Å². The molecule has 1 N–H and O–H groups in total. The molecule has 0 saturated carbocycles. The van der Waals surface area contributed by atoms with E-state index < -0.39 is 0 Å². The normalized spacial score (nSPS) is 11.0. The van der Waals surface area contributed by atoms with Crippen LogP contribution < -0.4 is 5.32 Å². The van der Waals surface area contributed by atoms with Gasteiger partial charge in [0.2, 0.25) is 0 Å². The van der Waals surface area contributed by atoms with Crippen molar-refractivity contribution < 1.29 is 0 Å². The summed E-state index contributed by atoms with van der Waals surface area (Å²) in [4.78, 5) is 4.80. The number of hydrogen-bond donors (Lipinski definition) is 1. The number of fused-ring (bicyclic) bond motifs is 1. The molecule has 2 aromatic carbocycles. The number of benzene rings is 2. The van der Waals surface area contributed by atoms with Crippen LogP contribution in [0.25, 0.3) is 20.8 Å². The summed E-state index contributed by atoms with van der Waals surface area (Å²) in [5, 5.41) is 4.71. The highest BCUT2D eigenvalue weighted by molar-refractivity contribution is 7.21. The van der Waals surface area contributed by atoms with Crippen molar-refractivity contribution in [3.05, 3.63) is 48.5 Å². The summed E-state index contributed by atoms with van der Waals surface area (Å²) in [7, 11) is 0. The van der Waals surface area contributed by atoms with Gasteiger partial charge in [-0.3, -0.25) is 0 Å². The second-order valence-corrected chi connectivity index (χ2v) is 7.26. The molecule has 0 aliphatic carbocycles. The summed E-state index contributed by atoms with van der Waals surface area (Å²) in [5.74, 6) is 0. The summed E-state index contributed by atoms with van der Waals surface area (Å²) in [5.41, 5.74) is 3.50. The van der Waals surface area contributed by atoms with Crippen molar-refractivity contribution >= 4 is 27.2 Å². The molecule has 0 fully saturated rings. The van der Waals surface area contributed by atoms with E-state index in [1.807, 2.05) is 0 Å². The van der Waals surface area contributed by atoms with E-state index in [9.17, 15) is 0 Å². The van der Waals surface area contributed by atoms with Crippen molar-refractivity contribution in [1.29, 1.82) is 0 Å². The third-order valence-corrected chi connectivity index (χ3v) is 5.37. The molecule has 1 aromatic heterocycles. The van der Waals surface area contributed by atoms with Crippen LogP contribution in [0.1, 0.15) is 45.4 Å². The highest BCUT2D eigenvalue weighted by atomic mass is 32.1. The van der Waals surface area contributed by atoms with Crippen LogP contribution in [-0.2, 0) is 0 Å². The fraction of sp³-hybridized carbons (Fsp3) is 0.381. The molecule has 0 unspecified atom stereocenters. The van der Waals surface area contributed by atoms with Gasteiger partial charge in [0.05, 0.1) is 10.2 Å². The van der Waals surface area contributed by atoms with Crippen LogP contribution in [0.5, 0.6) is 0 Å². The van der Waals surface area contributed by atoms with Crippen LogP contribution >= 0.6 is 11.3 Å². The molecule has 0 amide bonds. The quantitative estimate of drug-likeness (QED) is 0.437. The summed E-state index contributed by atoms with van der Waals surface area (Å²) in [6.07, 6.45) is 7.96. The van der Waals surface area contributed by atoms with Crippen molar-refractivity contribution in [2.75, 3.05) is 11.9 Å². The molecule has 0 aliphatic heterocycles. The maximum absolute atomic E-state index is 4.80. The Morgan fingerprint density at radius 2 is 1.62 bits per heavy atom. The Hall–Kier alpha value is -1.87. The largest absolute Gasteiger partial charge is 0.384 e. The van der Waals surface area contributed by atoms with Crippen LogP contribution in [0.3, 0.4) is 0 Å². The first-order chi connectivity index (χ1) is 11.9. The molecule has 126 valence electrons. The number of nitrogens with zero attached hydrogens (tertiary/aromatic N) is 1. The van der Waals surface area contributed by atoms with Gasteiger partial charge >= 0.3 is 0 Å².